The Hall–Kier alpha value is -2.41. The van der Waals surface area contributed by atoms with Crippen LogP contribution in [0.15, 0.2) is 24.3 Å². The molecule has 1 atom stereocenters. The van der Waals surface area contributed by atoms with Gasteiger partial charge in [0, 0.05) is 38.3 Å². The van der Waals surface area contributed by atoms with Crippen LogP contribution in [0.2, 0.25) is 0 Å². The van der Waals surface area contributed by atoms with E-state index in [1.807, 2.05) is 24.3 Å². The first-order chi connectivity index (χ1) is 11.6. The van der Waals surface area contributed by atoms with E-state index in [0.717, 1.165) is 37.4 Å². The van der Waals surface area contributed by atoms with Crippen LogP contribution in [0.25, 0.3) is 0 Å². The largest absolute Gasteiger partial charge is 0.369 e. The molecule has 1 aromatic rings. The van der Waals surface area contributed by atoms with Gasteiger partial charge in [0.05, 0.1) is 6.42 Å². The van der Waals surface area contributed by atoms with E-state index in [4.69, 9.17) is 0 Å². The third kappa shape index (κ3) is 3.91. The summed E-state index contributed by atoms with van der Waals surface area (Å²) in [5.41, 5.74) is 2.02. The summed E-state index contributed by atoms with van der Waals surface area (Å²) in [6, 6.07) is 7.24. The van der Waals surface area contributed by atoms with Gasteiger partial charge in [-0.3, -0.25) is 19.7 Å². The Morgan fingerprint density at radius 2 is 1.96 bits per heavy atom. The average molecular weight is 330 g/mol. The normalized spacial score (nSPS) is 21.3. The van der Waals surface area contributed by atoms with Crippen molar-refractivity contribution in [3.63, 3.8) is 0 Å². The number of rotatable bonds is 4. The zero-order valence-corrected chi connectivity index (χ0v) is 13.5. The fraction of sp³-hybridized carbons (Fsp3) is 0.471. The number of hydrogen-bond donors (Lipinski definition) is 3. The second kappa shape index (κ2) is 7.44. The molecule has 1 aromatic carbocycles. The van der Waals surface area contributed by atoms with Crippen LogP contribution in [0, 0.1) is 0 Å². The van der Waals surface area contributed by atoms with Crippen molar-refractivity contribution in [3.05, 3.63) is 29.8 Å². The van der Waals surface area contributed by atoms with E-state index in [1.54, 1.807) is 0 Å². The topological polar surface area (TPSA) is 90.5 Å². The summed E-state index contributed by atoms with van der Waals surface area (Å²) in [6.07, 6.45) is 0.835. The van der Waals surface area contributed by atoms with E-state index in [0.29, 0.717) is 6.42 Å². The van der Waals surface area contributed by atoms with Gasteiger partial charge < -0.3 is 15.5 Å². The lowest BCUT2D eigenvalue weighted by molar-refractivity contribution is -0.137. The molecule has 3 rings (SSSR count). The number of anilines is 1. The molecule has 3 N–H and O–H groups in total. The lowest BCUT2D eigenvalue weighted by Crippen LogP contribution is -2.52. The van der Waals surface area contributed by atoms with E-state index in [1.165, 1.54) is 0 Å². The number of nitrogens with one attached hydrogen (secondary N) is 3. The molecule has 7 nitrogen and oxygen atoms in total. The lowest BCUT2D eigenvalue weighted by atomic mass is 10.0. The second-order valence-corrected chi connectivity index (χ2v) is 6.11. The minimum Gasteiger partial charge on any atom is -0.369 e. The Kier molecular flexibility index (Phi) is 5.10. The number of amides is 3. The highest BCUT2D eigenvalue weighted by atomic mass is 16.2. The third-order valence-corrected chi connectivity index (χ3v) is 4.37. The van der Waals surface area contributed by atoms with Gasteiger partial charge in [0.15, 0.2) is 0 Å². The first kappa shape index (κ1) is 16.4. The first-order valence-corrected chi connectivity index (χ1v) is 8.30. The molecule has 1 unspecified atom stereocenters. The van der Waals surface area contributed by atoms with Crippen LogP contribution >= 0.6 is 0 Å². The van der Waals surface area contributed by atoms with E-state index in [-0.39, 0.29) is 24.7 Å². The Labute approximate surface area is 140 Å². The zero-order chi connectivity index (χ0) is 16.9. The molecule has 2 saturated heterocycles. The number of imide groups is 1. The maximum atomic E-state index is 12.3. The smallest absolute Gasteiger partial charge is 0.249 e. The summed E-state index contributed by atoms with van der Waals surface area (Å²) in [5.74, 6) is -0.906. The van der Waals surface area contributed by atoms with Crippen LogP contribution in [0.4, 0.5) is 5.69 Å². The van der Waals surface area contributed by atoms with Crippen molar-refractivity contribution < 1.29 is 14.4 Å². The van der Waals surface area contributed by atoms with E-state index in [9.17, 15) is 14.4 Å². The van der Waals surface area contributed by atoms with Crippen molar-refractivity contribution in [1.82, 2.24) is 16.0 Å². The highest BCUT2D eigenvalue weighted by Gasteiger charge is 2.28. The molecule has 0 aromatic heterocycles. The van der Waals surface area contributed by atoms with Crippen LogP contribution in [0.5, 0.6) is 0 Å². The lowest BCUT2D eigenvalue weighted by Gasteiger charge is -2.31. The van der Waals surface area contributed by atoms with Gasteiger partial charge in [-0.2, -0.15) is 0 Å². The minimum atomic E-state index is -0.624. The average Bonchev–Trinajstić information content (AvgIpc) is 2.59. The molecule has 0 spiro atoms. The predicted molar refractivity (Wildman–Crippen MR) is 89.5 cm³/mol. The molecule has 2 heterocycles. The number of nitrogens with zero attached hydrogens (tertiary/aromatic N) is 1. The summed E-state index contributed by atoms with van der Waals surface area (Å²) < 4.78 is 0. The van der Waals surface area contributed by atoms with Gasteiger partial charge >= 0.3 is 0 Å². The number of benzene rings is 1. The van der Waals surface area contributed by atoms with Crippen molar-refractivity contribution in [3.8, 4) is 0 Å². The molecule has 2 aliphatic rings. The summed E-state index contributed by atoms with van der Waals surface area (Å²) in [6.45, 7) is 3.67. The van der Waals surface area contributed by atoms with Crippen LogP contribution < -0.4 is 20.9 Å². The fourth-order valence-electron chi connectivity index (χ4n) is 3.12. The number of piperazine rings is 1. The number of carbonyl (C=O) groups is 3. The first-order valence-electron chi connectivity index (χ1n) is 8.30. The van der Waals surface area contributed by atoms with Crippen LogP contribution in [0.3, 0.4) is 0 Å². The fourth-order valence-corrected chi connectivity index (χ4v) is 3.12. The van der Waals surface area contributed by atoms with Gasteiger partial charge in [-0.1, -0.05) is 18.2 Å². The molecule has 2 aliphatic heterocycles. The summed E-state index contributed by atoms with van der Waals surface area (Å²) in [7, 11) is 0. The Bertz CT molecular complexity index is 640. The van der Waals surface area contributed by atoms with Crippen molar-refractivity contribution in [1.29, 1.82) is 0 Å². The Balaban J connectivity index is 1.64. The highest BCUT2D eigenvalue weighted by Crippen LogP contribution is 2.21. The summed E-state index contributed by atoms with van der Waals surface area (Å²) in [4.78, 5) is 37.5. The van der Waals surface area contributed by atoms with Crippen LogP contribution in [-0.2, 0) is 20.8 Å². The monoisotopic (exact) mass is 330 g/mol. The highest BCUT2D eigenvalue weighted by molar-refractivity contribution is 6.01. The molecular formula is C17H22N4O3. The SMILES string of the molecule is O=C1CCC(NC(=O)Cc2ccccc2N2CCNCC2)C(=O)N1. The van der Waals surface area contributed by atoms with Gasteiger partial charge in [-0.15, -0.1) is 0 Å². The van der Waals surface area contributed by atoms with Crippen LogP contribution in [0.1, 0.15) is 18.4 Å². The molecule has 0 aliphatic carbocycles. The Morgan fingerprint density at radius 3 is 2.71 bits per heavy atom. The molecule has 0 bridgehead atoms. The maximum absolute atomic E-state index is 12.3. The molecule has 3 amide bonds. The molecule has 128 valence electrons. The van der Waals surface area contributed by atoms with E-state index in [2.05, 4.69) is 20.9 Å². The van der Waals surface area contributed by atoms with Crippen molar-refractivity contribution in [2.24, 2.45) is 0 Å². The molecule has 7 heteroatoms. The number of hydrogen-bond acceptors (Lipinski definition) is 5. The number of carbonyl (C=O) groups excluding carboxylic acids is 3. The summed E-state index contributed by atoms with van der Waals surface area (Å²) in [5, 5.41) is 8.30. The molecule has 0 radical (unpaired) electrons. The van der Waals surface area contributed by atoms with E-state index >= 15 is 0 Å². The van der Waals surface area contributed by atoms with Gasteiger partial charge in [-0.25, -0.2) is 0 Å². The standard InChI is InChI=1S/C17H22N4O3/c22-15-6-5-13(17(24)20-15)19-16(23)11-12-3-1-2-4-14(12)21-9-7-18-8-10-21/h1-4,13,18H,5-11H2,(H,19,23)(H,20,22,24). The van der Waals surface area contributed by atoms with E-state index < -0.39 is 11.9 Å². The number of para-hydroxylation sites is 1. The third-order valence-electron chi connectivity index (χ3n) is 4.37. The predicted octanol–water partition coefficient (Wildman–Crippen LogP) is -0.440. The van der Waals surface area contributed by atoms with Gasteiger partial charge in [0.1, 0.15) is 6.04 Å². The Morgan fingerprint density at radius 1 is 1.21 bits per heavy atom. The van der Waals surface area contributed by atoms with Gasteiger partial charge in [-0.05, 0) is 18.1 Å². The van der Waals surface area contributed by atoms with Gasteiger partial charge in [0.2, 0.25) is 17.7 Å². The number of piperidine rings is 1. The van der Waals surface area contributed by atoms with Crippen molar-refractivity contribution >= 4 is 23.4 Å². The molecule has 2 fully saturated rings. The maximum Gasteiger partial charge on any atom is 0.249 e. The molecular weight excluding hydrogens is 308 g/mol. The van der Waals surface area contributed by atoms with Crippen molar-refractivity contribution in [2.45, 2.75) is 25.3 Å². The zero-order valence-electron chi connectivity index (χ0n) is 13.5. The summed E-state index contributed by atoms with van der Waals surface area (Å²) >= 11 is 0. The second-order valence-electron chi connectivity index (χ2n) is 6.11. The molecule has 0 saturated carbocycles. The van der Waals surface area contributed by atoms with Crippen LogP contribution in [-0.4, -0.2) is 49.9 Å². The quantitative estimate of drug-likeness (QED) is 0.651. The minimum absolute atomic E-state index is 0.202. The molecule has 24 heavy (non-hydrogen) atoms. The van der Waals surface area contributed by atoms with Gasteiger partial charge in [0.25, 0.3) is 0 Å². The van der Waals surface area contributed by atoms with Crippen molar-refractivity contribution in [2.75, 3.05) is 31.1 Å².